The zero-order valence-corrected chi connectivity index (χ0v) is 15.5. The Morgan fingerprint density at radius 2 is 2.17 bits per heavy atom. The lowest BCUT2D eigenvalue weighted by molar-refractivity contribution is -0.136. The number of ether oxygens (including phenoxy) is 1. The minimum absolute atomic E-state index is 0.368. The summed E-state index contributed by atoms with van der Waals surface area (Å²) in [6.07, 6.45) is 1.88. The van der Waals surface area contributed by atoms with Crippen molar-refractivity contribution < 1.29 is 9.53 Å². The monoisotopic (exact) mass is 384 g/mol. The third-order valence-electron chi connectivity index (χ3n) is 3.70. The van der Waals surface area contributed by atoms with Crippen molar-refractivity contribution >= 4 is 46.9 Å². The standard InChI is InChI=1S/C15H14Cl2N4O2S/c1-7-10(13(22)23-2)12(8-5-4-6-9(16)11(8)17)21-14(18-7)19-15(20-21)24-3/h4-6,12H,1-3H3,(H,18,19,20)/t12-/m0/s1. The Morgan fingerprint density at radius 1 is 1.42 bits per heavy atom. The molecule has 1 aliphatic heterocycles. The molecule has 0 saturated carbocycles. The zero-order chi connectivity index (χ0) is 17.4. The van der Waals surface area contributed by atoms with E-state index in [0.717, 1.165) is 0 Å². The molecular weight excluding hydrogens is 371 g/mol. The summed E-state index contributed by atoms with van der Waals surface area (Å²) in [5, 5.41) is 8.91. The first-order valence-electron chi connectivity index (χ1n) is 6.98. The van der Waals surface area contributed by atoms with Gasteiger partial charge in [0.15, 0.2) is 0 Å². The first-order chi connectivity index (χ1) is 11.5. The van der Waals surface area contributed by atoms with Crippen LogP contribution in [0.3, 0.4) is 0 Å². The molecule has 1 aromatic carbocycles. The summed E-state index contributed by atoms with van der Waals surface area (Å²) in [4.78, 5) is 16.8. The van der Waals surface area contributed by atoms with Gasteiger partial charge in [-0.05, 0) is 19.2 Å². The maximum absolute atomic E-state index is 12.4. The van der Waals surface area contributed by atoms with Crippen LogP contribution in [0.2, 0.25) is 10.0 Å². The van der Waals surface area contributed by atoms with E-state index in [1.54, 1.807) is 23.7 Å². The number of fused-ring (bicyclic) bond motifs is 1. The number of anilines is 1. The molecule has 1 aliphatic rings. The highest BCUT2D eigenvalue weighted by molar-refractivity contribution is 7.98. The average molecular weight is 385 g/mol. The lowest BCUT2D eigenvalue weighted by Crippen LogP contribution is -2.29. The van der Waals surface area contributed by atoms with Gasteiger partial charge in [0.2, 0.25) is 11.1 Å². The molecule has 0 unspecified atom stereocenters. The predicted octanol–water partition coefficient (Wildman–Crippen LogP) is 3.77. The van der Waals surface area contributed by atoms with Crippen LogP contribution in [0.15, 0.2) is 34.6 Å². The molecule has 0 spiro atoms. The number of nitrogens with one attached hydrogen (secondary N) is 1. The third-order valence-corrected chi connectivity index (χ3v) is 5.07. The van der Waals surface area contributed by atoms with Gasteiger partial charge in [0, 0.05) is 11.3 Å². The van der Waals surface area contributed by atoms with Gasteiger partial charge in [-0.2, -0.15) is 4.98 Å². The molecule has 9 heteroatoms. The highest BCUT2D eigenvalue weighted by Gasteiger charge is 2.36. The lowest BCUT2D eigenvalue weighted by atomic mass is 9.96. The zero-order valence-electron chi connectivity index (χ0n) is 13.1. The van der Waals surface area contributed by atoms with E-state index in [0.29, 0.717) is 38.0 Å². The van der Waals surface area contributed by atoms with E-state index in [-0.39, 0.29) is 0 Å². The number of esters is 1. The molecule has 0 saturated heterocycles. The fourth-order valence-electron chi connectivity index (χ4n) is 2.61. The van der Waals surface area contributed by atoms with Crippen molar-refractivity contribution in [1.82, 2.24) is 14.8 Å². The van der Waals surface area contributed by atoms with E-state index in [2.05, 4.69) is 15.4 Å². The van der Waals surface area contributed by atoms with Crippen LogP contribution in [-0.2, 0) is 9.53 Å². The summed E-state index contributed by atoms with van der Waals surface area (Å²) in [5.41, 5.74) is 1.70. The number of rotatable bonds is 3. The van der Waals surface area contributed by atoms with Crippen molar-refractivity contribution in [3.05, 3.63) is 45.1 Å². The number of carbonyl (C=O) groups excluding carboxylic acids is 1. The molecule has 126 valence electrons. The van der Waals surface area contributed by atoms with Gasteiger partial charge < -0.3 is 10.1 Å². The predicted molar refractivity (Wildman–Crippen MR) is 94.7 cm³/mol. The van der Waals surface area contributed by atoms with Crippen molar-refractivity contribution in [3.63, 3.8) is 0 Å². The van der Waals surface area contributed by atoms with Gasteiger partial charge in [-0.15, -0.1) is 5.10 Å². The summed E-state index contributed by atoms with van der Waals surface area (Å²) in [6.45, 7) is 1.79. The van der Waals surface area contributed by atoms with E-state index in [1.807, 2.05) is 12.3 Å². The second kappa shape index (κ2) is 6.66. The molecule has 0 radical (unpaired) electrons. The van der Waals surface area contributed by atoms with Crippen molar-refractivity contribution in [2.45, 2.75) is 18.1 Å². The second-order valence-corrected chi connectivity index (χ2v) is 6.63. The fourth-order valence-corrected chi connectivity index (χ4v) is 3.37. The van der Waals surface area contributed by atoms with Crippen LogP contribution in [0.1, 0.15) is 18.5 Å². The van der Waals surface area contributed by atoms with Crippen molar-refractivity contribution in [3.8, 4) is 0 Å². The normalized spacial score (nSPS) is 16.6. The van der Waals surface area contributed by atoms with Gasteiger partial charge in [0.05, 0.1) is 22.7 Å². The van der Waals surface area contributed by atoms with Gasteiger partial charge in [-0.25, -0.2) is 9.48 Å². The van der Waals surface area contributed by atoms with Gasteiger partial charge >= 0.3 is 5.97 Å². The number of benzene rings is 1. The molecule has 0 aliphatic carbocycles. The number of hydrogen-bond donors (Lipinski definition) is 1. The Morgan fingerprint density at radius 3 is 2.83 bits per heavy atom. The highest BCUT2D eigenvalue weighted by atomic mass is 35.5. The van der Waals surface area contributed by atoms with E-state index >= 15 is 0 Å². The van der Waals surface area contributed by atoms with Gasteiger partial charge in [-0.3, -0.25) is 0 Å². The molecule has 3 rings (SSSR count). The van der Waals surface area contributed by atoms with E-state index in [4.69, 9.17) is 27.9 Å². The molecule has 2 aromatic rings. The van der Waals surface area contributed by atoms with E-state index in [1.165, 1.54) is 18.9 Å². The first-order valence-corrected chi connectivity index (χ1v) is 8.96. The molecule has 0 amide bonds. The maximum Gasteiger partial charge on any atom is 0.338 e. The quantitative estimate of drug-likeness (QED) is 0.641. The average Bonchev–Trinajstić information content (AvgIpc) is 2.98. The van der Waals surface area contributed by atoms with Crippen molar-refractivity contribution in [2.75, 3.05) is 18.7 Å². The summed E-state index contributed by atoms with van der Waals surface area (Å²) in [6, 6.07) is 4.71. The molecule has 1 atom stereocenters. The Balaban J connectivity index is 2.26. The number of thioether (sulfide) groups is 1. The lowest BCUT2D eigenvalue weighted by Gasteiger charge is -2.28. The van der Waals surface area contributed by atoms with Crippen LogP contribution in [0.25, 0.3) is 0 Å². The Labute approximate surface area is 153 Å². The number of carbonyl (C=O) groups is 1. The Kier molecular flexibility index (Phi) is 4.76. The topological polar surface area (TPSA) is 69.0 Å². The summed E-state index contributed by atoms with van der Waals surface area (Å²) >= 11 is 14.0. The summed E-state index contributed by atoms with van der Waals surface area (Å²) < 4.78 is 6.58. The number of hydrogen-bond acceptors (Lipinski definition) is 6. The summed E-state index contributed by atoms with van der Waals surface area (Å²) in [5.74, 6) is 0.0680. The third kappa shape index (κ3) is 2.76. The van der Waals surface area contributed by atoms with Crippen LogP contribution in [-0.4, -0.2) is 34.1 Å². The smallest absolute Gasteiger partial charge is 0.338 e. The number of methoxy groups -OCH3 is 1. The van der Waals surface area contributed by atoms with Crippen molar-refractivity contribution in [2.24, 2.45) is 0 Å². The molecule has 2 heterocycles. The molecule has 0 bridgehead atoms. The van der Waals surface area contributed by atoms with Crippen LogP contribution in [0.4, 0.5) is 5.95 Å². The number of halogens is 2. The fraction of sp³-hybridized carbons (Fsp3) is 0.267. The Bertz CT molecular complexity index is 850. The molecule has 24 heavy (non-hydrogen) atoms. The highest BCUT2D eigenvalue weighted by Crippen LogP contribution is 2.40. The van der Waals surface area contributed by atoms with Gasteiger partial charge in [0.1, 0.15) is 6.04 Å². The number of allylic oxidation sites excluding steroid dienone is 1. The minimum atomic E-state index is -0.576. The van der Waals surface area contributed by atoms with Crippen molar-refractivity contribution in [1.29, 1.82) is 0 Å². The van der Waals surface area contributed by atoms with Crippen LogP contribution >= 0.6 is 35.0 Å². The number of aromatic nitrogens is 3. The van der Waals surface area contributed by atoms with Crippen LogP contribution < -0.4 is 5.32 Å². The Hall–Kier alpha value is -1.70. The maximum atomic E-state index is 12.4. The molecule has 1 N–H and O–H groups in total. The SMILES string of the molecule is COC(=O)C1=C(C)Nc2nc(SC)nn2[C@H]1c1cccc(Cl)c1Cl. The molecule has 1 aromatic heterocycles. The second-order valence-electron chi connectivity index (χ2n) is 5.07. The largest absolute Gasteiger partial charge is 0.466 e. The van der Waals surface area contributed by atoms with Gasteiger partial charge in [0.25, 0.3) is 0 Å². The number of nitrogens with zero attached hydrogens (tertiary/aromatic N) is 3. The van der Waals surface area contributed by atoms with E-state index in [9.17, 15) is 4.79 Å². The van der Waals surface area contributed by atoms with E-state index < -0.39 is 12.0 Å². The summed E-state index contributed by atoms with van der Waals surface area (Å²) in [7, 11) is 1.34. The van der Waals surface area contributed by atoms with Gasteiger partial charge in [-0.1, -0.05) is 47.1 Å². The molecule has 0 fully saturated rings. The van der Waals surface area contributed by atoms with Crippen LogP contribution in [0, 0.1) is 0 Å². The first kappa shape index (κ1) is 17.1. The molecular formula is C15H14Cl2N4O2S. The molecule has 6 nitrogen and oxygen atoms in total. The minimum Gasteiger partial charge on any atom is -0.466 e. The van der Waals surface area contributed by atoms with Crippen LogP contribution in [0.5, 0.6) is 0 Å².